The highest BCUT2D eigenvalue weighted by Crippen LogP contribution is 2.56. The van der Waals surface area contributed by atoms with Crippen LogP contribution in [0.2, 0.25) is 0 Å². The molecule has 2 aliphatic heterocycles. The van der Waals surface area contributed by atoms with Crippen molar-refractivity contribution in [1.82, 2.24) is 15.0 Å². The molecule has 2 aliphatic rings. The molecule has 0 fully saturated rings. The number of anilines is 3. The molecule has 0 atom stereocenters. The summed E-state index contributed by atoms with van der Waals surface area (Å²) in [6.07, 6.45) is 0.955. The van der Waals surface area contributed by atoms with Crippen molar-refractivity contribution < 1.29 is 4.42 Å². The number of furan rings is 1. The van der Waals surface area contributed by atoms with Crippen LogP contribution in [0.3, 0.4) is 0 Å². The molecule has 5 nitrogen and oxygen atoms in total. The maximum atomic E-state index is 6.46. The van der Waals surface area contributed by atoms with Crippen LogP contribution in [0.1, 0.15) is 11.1 Å². The highest BCUT2D eigenvalue weighted by molar-refractivity contribution is 7.99. The molecule has 2 aromatic heterocycles. The highest BCUT2D eigenvalue weighted by Gasteiger charge is 2.32. The van der Waals surface area contributed by atoms with E-state index in [0.29, 0.717) is 17.5 Å². The number of nitrogens with zero attached hydrogens (tertiary/aromatic N) is 4. The summed E-state index contributed by atoms with van der Waals surface area (Å²) < 4.78 is 6.46. The van der Waals surface area contributed by atoms with Gasteiger partial charge in [-0.15, -0.1) is 0 Å². The van der Waals surface area contributed by atoms with E-state index in [4.69, 9.17) is 19.4 Å². The average molecular weight is 685 g/mol. The molecule has 52 heavy (non-hydrogen) atoms. The first-order valence-electron chi connectivity index (χ1n) is 17.4. The van der Waals surface area contributed by atoms with Crippen LogP contribution < -0.4 is 4.90 Å². The van der Waals surface area contributed by atoms with Crippen molar-refractivity contribution in [3.8, 4) is 45.3 Å². The zero-order valence-corrected chi connectivity index (χ0v) is 28.6. The first kappa shape index (κ1) is 29.3. The third kappa shape index (κ3) is 4.61. The maximum absolute atomic E-state index is 6.46. The summed E-state index contributed by atoms with van der Waals surface area (Å²) in [4.78, 5) is 20.0. The van der Waals surface area contributed by atoms with Crippen molar-refractivity contribution in [3.63, 3.8) is 0 Å². The number of hydrogen-bond acceptors (Lipinski definition) is 6. The Hall–Kier alpha value is -6.50. The van der Waals surface area contributed by atoms with Gasteiger partial charge in [0.2, 0.25) is 0 Å². The Morgan fingerprint density at radius 1 is 0.481 bits per heavy atom. The van der Waals surface area contributed by atoms with E-state index in [0.717, 1.165) is 56.2 Å². The maximum Gasteiger partial charge on any atom is 0.164 e. The fourth-order valence-corrected chi connectivity index (χ4v) is 8.85. The molecule has 0 saturated heterocycles. The fraction of sp³-hybridized carbons (Fsp3) is 0.0217. The number of hydrogen-bond donors (Lipinski definition) is 0. The molecule has 0 amide bonds. The second-order valence-corrected chi connectivity index (χ2v) is 14.3. The summed E-state index contributed by atoms with van der Waals surface area (Å²) >= 11 is 1.86. The lowest BCUT2D eigenvalue weighted by molar-refractivity contribution is 0.669. The van der Waals surface area contributed by atoms with Gasteiger partial charge in [-0.2, -0.15) is 0 Å². The van der Waals surface area contributed by atoms with Crippen molar-refractivity contribution in [1.29, 1.82) is 0 Å². The van der Waals surface area contributed by atoms with Gasteiger partial charge in [0, 0.05) is 49.4 Å². The third-order valence-corrected chi connectivity index (χ3v) is 11.2. The van der Waals surface area contributed by atoms with Gasteiger partial charge < -0.3 is 9.32 Å². The van der Waals surface area contributed by atoms with Crippen LogP contribution in [0.5, 0.6) is 0 Å². The SMILES string of the molecule is c1ccc(-c2nc(-c3ccccc3)nc(-c3cccc4oc5ccc(-c6ccc7c(c6)Sc6cccc8c6N7c6ccccc6C8)cc5c34)n2)cc1. The summed E-state index contributed by atoms with van der Waals surface area (Å²) in [5.74, 6) is 1.87. The zero-order chi connectivity index (χ0) is 34.2. The molecule has 0 N–H and O–H groups in total. The van der Waals surface area contributed by atoms with Gasteiger partial charge in [0.15, 0.2) is 17.5 Å². The Morgan fingerprint density at radius 2 is 1.15 bits per heavy atom. The number of benzene rings is 7. The van der Waals surface area contributed by atoms with Gasteiger partial charge in [0.25, 0.3) is 0 Å². The summed E-state index contributed by atoms with van der Waals surface area (Å²) in [5, 5.41) is 2.01. The lowest BCUT2D eigenvalue weighted by atomic mass is 9.94. The molecule has 0 radical (unpaired) electrons. The van der Waals surface area contributed by atoms with Crippen molar-refractivity contribution in [2.24, 2.45) is 0 Å². The quantitative estimate of drug-likeness (QED) is 0.184. The predicted octanol–water partition coefficient (Wildman–Crippen LogP) is 12.3. The van der Waals surface area contributed by atoms with Gasteiger partial charge in [-0.05, 0) is 64.7 Å². The largest absolute Gasteiger partial charge is 0.456 e. The Labute approximate surface area is 304 Å². The molecule has 0 saturated carbocycles. The van der Waals surface area contributed by atoms with E-state index in [-0.39, 0.29) is 0 Å². The second kappa shape index (κ2) is 11.5. The van der Waals surface area contributed by atoms with E-state index >= 15 is 0 Å². The molecule has 0 aliphatic carbocycles. The fourth-order valence-electron chi connectivity index (χ4n) is 7.70. The normalized spacial score (nSPS) is 12.8. The van der Waals surface area contributed by atoms with Crippen LogP contribution in [0.15, 0.2) is 172 Å². The first-order chi connectivity index (χ1) is 25.7. The Balaban J connectivity index is 1.06. The minimum atomic E-state index is 0.608. The Morgan fingerprint density at radius 3 is 1.96 bits per heavy atom. The molecule has 6 heteroatoms. The van der Waals surface area contributed by atoms with E-state index < -0.39 is 0 Å². The summed E-state index contributed by atoms with van der Waals surface area (Å²) in [6, 6.07) is 55.1. The topological polar surface area (TPSA) is 55.1 Å². The number of aromatic nitrogens is 3. The second-order valence-electron chi connectivity index (χ2n) is 13.2. The first-order valence-corrected chi connectivity index (χ1v) is 18.2. The molecule has 244 valence electrons. The Bertz CT molecular complexity index is 2810. The van der Waals surface area contributed by atoms with Crippen LogP contribution in [-0.2, 0) is 6.42 Å². The van der Waals surface area contributed by atoms with Crippen LogP contribution in [0.25, 0.3) is 67.2 Å². The van der Waals surface area contributed by atoms with Gasteiger partial charge in [-0.1, -0.05) is 127 Å². The Kier molecular flexibility index (Phi) is 6.48. The van der Waals surface area contributed by atoms with Crippen molar-refractivity contribution >= 4 is 50.8 Å². The number of fused-ring (bicyclic) bond motifs is 7. The van der Waals surface area contributed by atoms with Crippen LogP contribution in [0, 0.1) is 0 Å². The molecular formula is C46H28N4OS. The molecule has 4 heterocycles. The van der Waals surface area contributed by atoms with Crippen molar-refractivity contribution in [2.45, 2.75) is 16.2 Å². The minimum absolute atomic E-state index is 0.608. The molecule has 7 aromatic carbocycles. The van der Waals surface area contributed by atoms with Crippen molar-refractivity contribution in [2.75, 3.05) is 4.90 Å². The van der Waals surface area contributed by atoms with Gasteiger partial charge in [-0.25, -0.2) is 15.0 Å². The molecular weight excluding hydrogens is 657 g/mol. The predicted molar refractivity (Wildman–Crippen MR) is 210 cm³/mol. The average Bonchev–Trinajstić information content (AvgIpc) is 3.59. The van der Waals surface area contributed by atoms with Gasteiger partial charge in [-0.3, -0.25) is 0 Å². The van der Waals surface area contributed by atoms with E-state index in [2.05, 4.69) is 89.8 Å². The zero-order valence-electron chi connectivity index (χ0n) is 27.8. The van der Waals surface area contributed by atoms with E-state index in [1.807, 2.05) is 84.6 Å². The van der Waals surface area contributed by atoms with E-state index in [1.54, 1.807) is 0 Å². The molecule has 0 bridgehead atoms. The minimum Gasteiger partial charge on any atom is -0.456 e. The summed E-state index contributed by atoms with van der Waals surface area (Å²) in [7, 11) is 0. The van der Waals surface area contributed by atoms with Crippen LogP contribution >= 0.6 is 11.8 Å². The number of rotatable bonds is 4. The monoisotopic (exact) mass is 684 g/mol. The van der Waals surface area contributed by atoms with E-state index in [9.17, 15) is 0 Å². The van der Waals surface area contributed by atoms with E-state index in [1.165, 1.54) is 38.0 Å². The molecule has 0 spiro atoms. The van der Waals surface area contributed by atoms with Gasteiger partial charge in [0.05, 0.1) is 11.4 Å². The molecule has 0 unspecified atom stereocenters. The smallest absolute Gasteiger partial charge is 0.164 e. The third-order valence-electron chi connectivity index (χ3n) is 10.1. The van der Waals surface area contributed by atoms with Gasteiger partial charge in [0.1, 0.15) is 11.2 Å². The highest BCUT2D eigenvalue weighted by atomic mass is 32.2. The number of para-hydroxylation sites is 2. The molecule has 9 aromatic rings. The van der Waals surface area contributed by atoms with Crippen LogP contribution in [-0.4, -0.2) is 15.0 Å². The standard InChI is InChI=1S/C46H28N4OS/c1-3-11-28(12-4-1)44-47-45(29-13-5-2-6-14-29)49-46(48-44)34-17-10-19-39-42(34)35-26-30(22-24-38(35)51-39)31-21-23-37-41(27-31)52-40-20-9-16-33-25-32-15-7-8-18-36(32)50(37)43(33)40/h1-24,26-27H,25H2. The lowest BCUT2D eigenvalue weighted by Gasteiger charge is -2.39. The summed E-state index contributed by atoms with van der Waals surface area (Å²) in [6.45, 7) is 0. The van der Waals surface area contributed by atoms with Gasteiger partial charge >= 0.3 is 0 Å². The van der Waals surface area contributed by atoms with Crippen LogP contribution in [0.4, 0.5) is 17.1 Å². The molecule has 11 rings (SSSR count). The van der Waals surface area contributed by atoms with Crippen molar-refractivity contribution in [3.05, 3.63) is 169 Å². The summed E-state index contributed by atoms with van der Waals surface area (Å²) in [5.41, 5.74) is 13.2. The lowest BCUT2D eigenvalue weighted by Crippen LogP contribution is -2.21.